The van der Waals surface area contributed by atoms with E-state index in [1.54, 1.807) is 18.2 Å². The molecule has 0 aliphatic rings. The van der Waals surface area contributed by atoms with Crippen LogP contribution in [0.4, 0.5) is 4.39 Å². The quantitative estimate of drug-likeness (QED) is 0.715. The number of ether oxygens (including phenoxy) is 1. The van der Waals surface area contributed by atoms with E-state index in [0.29, 0.717) is 26.2 Å². The predicted octanol–water partition coefficient (Wildman–Crippen LogP) is 5.46. The molecule has 0 aliphatic carbocycles. The standard InChI is InChI=1S/C13H8Cl3FO/c1-18-12-3-2-7(4-11(12)17)13-9(15)5-8(14)6-10(13)16/h2-6H,1H3. The van der Waals surface area contributed by atoms with Gasteiger partial charge in [0, 0.05) is 10.6 Å². The summed E-state index contributed by atoms with van der Waals surface area (Å²) in [5.41, 5.74) is 1.12. The van der Waals surface area contributed by atoms with E-state index in [-0.39, 0.29) is 5.75 Å². The predicted molar refractivity (Wildman–Crippen MR) is 73.4 cm³/mol. The third-order valence-electron chi connectivity index (χ3n) is 2.45. The van der Waals surface area contributed by atoms with Crippen molar-refractivity contribution in [2.45, 2.75) is 0 Å². The Morgan fingerprint density at radius 2 is 1.61 bits per heavy atom. The van der Waals surface area contributed by atoms with E-state index < -0.39 is 5.82 Å². The summed E-state index contributed by atoms with van der Waals surface area (Å²) in [4.78, 5) is 0. The van der Waals surface area contributed by atoms with Crippen molar-refractivity contribution in [2.75, 3.05) is 7.11 Å². The zero-order chi connectivity index (χ0) is 13.3. The van der Waals surface area contributed by atoms with Gasteiger partial charge in [-0.3, -0.25) is 0 Å². The minimum absolute atomic E-state index is 0.167. The van der Waals surface area contributed by atoms with Gasteiger partial charge < -0.3 is 4.74 Å². The molecular weight excluding hydrogens is 297 g/mol. The molecule has 0 fully saturated rings. The number of hydrogen-bond acceptors (Lipinski definition) is 1. The fourth-order valence-electron chi connectivity index (χ4n) is 1.64. The Labute approximate surface area is 119 Å². The number of rotatable bonds is 2. The molecule has 0 amide bonds. The maximum atomic E-state index is 13.6. The molecular formula is C13H8Cl3FO. The molecule has 5 heteroatoms. The van der Waals surface area contributed by atoms with Crippen molar-refractivity contribution in [3.63, 3.8) is 0 Å². The SMILES string of the molecule is COc1ccc(-c2c(Cl)cc(Cl)cc2Cl)cc1F. The molecule has 1 nitrogen and oxygen atoms in total. The fraction of sp³-hybridized carbons (Fsp3) is 0.0769. The second-order valence-electron chi connectivity index (χ2n) is 3.59. The zero-order valence-corrected chi connectivity index (χ0v) is 11.6. The van der Waals surface area contributed by atoms with Gasteiger partial charge in [0.1, 0.15) is 0 Å². The number of benzene rings is 2. The van der Waals surface area contributed by atoms with Crippen molar-refractivity contribution in [1.29, 1.82) is 0 Å². The maximum absolute atomic E-state index is 13.6. The largest absolute Gasteiger partial charge is 0.494 e. The summed E-state index contributed by atoms with van der Waals surface area (Å²) in [5.74, 6) is -0.308. The second-order valence-corrected chi connectivity index (χ2v) is 4.84. The van der Waals surface area contributed by atoms with Crippen molar-refractivity contribution >= 4 is 34.8 Å². The summed E-state index contributed by atoms with van der Waals surface area (Å²) >= 11 is 18.0. The summed E-state index contributed by atoms with van der Waals surface area (Å²) in [6.45, 7) is 0. The molecule has 0 heterocycles. The molecule has 2 aromatic carbocycles. The van der Waals surface area contributed by atoms with Gasteiger partial charge in [-0.15, -0.1) is 0 Å². The molecule has 0 spiro atoms. The second kappa shape index (κ2) is 5.35. The number of methoxy groups -OCH3 is 1. The van der Waals surface area contributed by atoms with Gasteiger partial charge in [0.05, 0.1) is 17.2 Å². The average molecular weight is 306 g/mol. The Morgan fingerprint density at radius 1 is 1.00 bits per heavy atom. The first kappa shape index (κ1) is 13.5. The Kier molecular flexibility index (Phi) is 4.00. The molecule has 0 N–H and O–H groups in total. The first-order valence-corrected chi connectivity index (χ1v) is 6.14. The van der Waals surface area contributed by atoms with Crippen LogP contribution in [0.5, 0.6) is 5.75 Å². The molecule has 0 radical (unpaired) electrons. The molecule has 0 atom stereocenters. The third kappa shape index (κ3) is 2.56. The van der Waals surface area contributed by atoms with Crippen molar-refractivity contribution in [2.24, 2.45) is 0 Å². The van der Waals surface area contributed by atoms with Crippen LogP contribution < -0.4 is 4.74 Å². The Morgan fingerprint density at radius 3 is 2.11 bits per heavy atom. The Hall–Kier alpha value is -0.960. The van der Waals surface area contributed by atoms with Gasteiger partial charge in [-0.25, -0.2) is 4.39 Å². The van der Waals surface area contributed by atoms with E-state index in [9.17, 15) is 4.39 Å². The van der Waals surface area contributed by atoms with Crippen LogP contribution in [0.1, 0.15) is 0 Å². The van der Waals surface area contributed by atoms with E-state index in [4.69, 9.17) is 39.5 Å². The lowest BCUT2D eigenvalue weighted by Crippen LogP contribution is -1.89. The molecule has 0 saturated heterocycles. The van der Waals surface area contributed by atoms with E-state index >= 15 is 0 Å². The van der Waals surface area contributed by atoms with Crippen LogP contribution >= 0.6 is 34.8 Å². The lowest BCUT2D eigenvalue weighted by molar-refractivity contribution is 0.386. The van der Waals surface area contributed by atoms with Crippen LogP contribution in [0.25, 0.3) is 11.1 Å². The highest BCUT2D eigenvalue weighted by molar-refractivity contribution is 6.41. The summed E-state index contributed by atoms with van der Waals surface area (Å²) in [6, 6.07) is 7.65. The lowest BCUT2D eigenvalue weighted by Gasteiger charge is -2.09. The fourth-order valence-corrected chi connectivity index (χ4v) is 2.68. The summed E-state index contributed by atoms with van der Waals surface area (Å²) in [5, 5.41) is 1.18. The topological polar surface area (TPSA) is 9.23 Å². The molecule has 2 rings (SSSR count). The number of hydrogen-bond donors (Lipinski definition) is 0. The number of halogens is 4. The van der Waals surface area contributed by atoms with Crippen molar-refractivity contribution < 1.29 is 9.13 Å². The van der Waals surface area contributed by atoms with Crippen LogP contribution in [0, 0.1) is 5.82 Å². The highest BCUT2D eigenvalue weighted by Gasteiger charge is 2.12. The Balaban J connectivity index is 2.59. The minimum Gasteiger partial charge on any atom is -0.494 e. The van der Waals surface area contributed by atoms with Crippen LogP contribution in [-0.2, 0) is 0 Å². The highest BCUT2D eigenvalue weighted by Crippen LogP contribution is 2.38. The van der Waals surface area contributed by atoms with Crippen molar-refractivity contribution in [1.82, 2.24) is 0 Å². The molecule has 94 valence electrons. The molecule has 0 aromatic heterocycles. The van der Waals surface area contributed by atoms with Gasteiger partial charge in [0.25, 0.3) is 0 Å². The van der Waals surface area contributed by atoms with Gasteiger partial charge in [-0.2, -0.15) is 0 Å². The van der Waals surface area contributed by atoms with Crippen LogP contribution in [0.15, 0.2) is 30.3 Å². The van der Waals surface area contributed by atoms with Gasteiger partial charge in [0.2, 0.25) is 0 Å². The molecule has 0 aliphatic heterocycles. The third-order valence-corrected chi connectivity index (χ3v) is 3.26. The Bertz CT molecular complexity index is 576. The van der Waals surface area contributed by atoms with Gasteiger partial charge in [0.15, 0.2) is 11.6 Å². The lowest BCUT2D eigenvalue weighted by atomic mass is 10.1. The van der Waals surface area contributed by atoms with Crippen LogP contribution in [-0.4, -0.2) is 7.11 Å². The molecule has 2 aromatic rings. The first-order valence-electron chi connectivity index (χ1n) is 5.01. The van der Waals surface area contributed by atoms with E-state index in [1.165, 1.54) is 19.2 Å². The van der Waals surface area contributed by atoms with E-state index in [1.807, 2.05) is 0 Å². The maximum Gasteiger partial charge on any atom is 0.165 e. The summed E-state index contributed by atoms with van der Waals surface area (Å²) < 4.78 is 18.5. The average Bonchev–Trinajstić information content (AvgIpc) is 2.27. The monoisotopic (exact) mass is 304 g/mol. The molecule has 0 bridgehead atoms. The minimum atomic E-state index is -0.475. The van der Waals surface area contributed by atoms with Gasteiger partial charge in [-0.05, 0) is 29.8 Å². The normalized spacial score (nSPS) is 10.5. The van der Waals surface area contributed by atoms with Gasteiger partial charge in [-0.1, -0.05) is 40.9 Å². The van der Waals surface area contributed by atoms with E-state index in [2.05, 4.69) is 0 Å². The molecule has 0 saturated carbocycles. The summed E-state index contributed by atoms with van der Waals surface area (Å²) in [6.07, 6.45) is 0. The zero-order valence-electron chi connectivity index (χ0n) is 9.31. The molecule has 18 heavy (non-hydrogen) atoms. The first-order chi connectivity index (χ1) is 8.52. The van der Waals surface area contributed by atoms with Gasteiger partial charge >= 0.3 is 0 Å². The molecule has 0 unspecified atom stereocenters. The van der Waals surface area contributed by atoms with Crippen LogP contribution in [0.3, 0.4) is 0 Å². The highest BCUT2D eigenvalue weighted by atomic mass is 35.5. The van der Waals surface area contributed by atoms with Crippen molar-refractivity contribution in [3.8, 4) is 16.9 Å². The summed E-state index contributed by atoms with van der Waals surface area (Å²) in [7, 11) is 1.40. The van der Waals surface area contributed by atoms with Crippen LogP contribution in [0.2, 0.25) is 15.1 Å². The van der Waals surface area contributed by atoms with E-state index in [0.717, 1.165) is 0 Å². The smallest absolute Gasteiger partial charge is 0.165 e. The van der Waals surface area contributed by atoms with Crippen molar-refractivity contribution in [3.05, 3.63) is 51.2 Å².